The molecule has 7 nitrogen and oxygen atoms in total. The van der Waals surface area contributed by atoms with Crippen molar-refractivity contribution < 1.29 is 28.9 Å². The van der Waals surface area contributed by atoms with Crippen LogP contribution in [0.2, 0.25) is 0 Å². The second-order valence-electron chi connectivity index (χ2n) is 5.12. The molecular weight excluding hydrogens is 326 g/mol. The molecule has 0 saturated carbocycles. The molecule has 2 rings (SSSR count). The molecule has 0 saturated heterocycles. The minimum Gasteiger partial charge on any atom is -0.493 e. The normalized spacial score (nSPS) is 11.3. The number of carboxylic acid groups (broad SMARTS) is 1. The summed E-state index contributed by atoms with van der Waals surface area (Å²) in [6.45, 7) is 1.57. The van der Waals surface area contributed by atoms with E-state index in [0.29, 0.717) is 11.5 Å². The standard InChI is InChI=1S/C18H19NO6/c1-11(25-12-7-5-4-6-8-12)17(20)19-14-10-16(24-3)15(23-2)9-13(14)18(21)22/h4-11H,1-3H3,(H,19,20)(H,21,22)/t11-/m0/s1. The van der Waals surface area contributed by atoms with E-state index in [-0.39, 0.29) is 17.0 Å². The van der Waals surface area contributed by atoms with Crippen molar-refractivity contribution in [2.75, 3.05) is 19.5 Å². The summed E-state index contributed by atoms with van der Waals surface area (Å²) >= 11 is 0. The Hall–Kier alpha value is -3.22. The van der Waals surface area contributed by atoms with Crippen LogP contribution in [0.15, 0.2) is 42.5 Å². The van der Waals surface area contributed by atoms with Crippen molar-refractivity contribution in [1.29, 1.82) is 0 Å². The fourth-order valence-electron chi connectivity index (χ4n) is 2.15. The molecule has 0 radical (unpaired) electrons. The Balaban J connectivity index is 2.22. The molecule has 25 heavy (non-hydrogen) atoms. The van der Waals surface area contributed by atoms with E-state index in [1.165, 1.54) is 26.4 Å². The number of hydrogen-bond acceptors (Lipinski definition) is 5. The number of para-hydroxylation sites is 1. The summed E-state index contributed by atoms with van der Waals surface area (Å²) in [6, 6.07) is 11.6. The van der Waals surface area contributed by atoms with Crippen molar-refractivity contribution in [2.24, 2.45) is 0 Å². The Morgan fingerprint density at radius 3 is 2.20 bits per heavy atom. The quantitative estimate of drug-likeness (QED) is 0.801. The summed E-state index contributed by atoms with van der Waals surface area (Å²) in [5, 5.41) is 11.9. The predicted molar refractivity (Wildman–Crippen MR) is 91.7 cm³/mol. The molecule has 0 fully saturated rings. The maximum atomic E-state index is 12.3. The summed E-state index contributed by atoms with van der Waals surface area (Å²) in [5.41, 5.74) is -0.0171. The van der Waals surface area contributed by atoms with Gasteiger partial charge in [-0.15, -0.1) is 0 Å². The smallest absolute Gasteiger partial charge is 0.337 e. The lowest BCUT2D eigenvalue weighted by Gasteiger charge is -2.17. The van der Waals surface area contributed by atoms with Crippen molar-refractivity contribution >= 4 is 17.6 Å². The highest BCUT2D eigenvalue weighted by atomic mass is 16.5. The number of carboxylic acids is 1. The first-order valence-corrected chi connectivity index (χ1v) is 7.48. The summed E-state index contributed by atoms with van der Waals surface area (Å²) in [5.74, 6) is -0.590. The third-order valence-electron chi connectivity index (χ3n) is 3.44. The molecule has 0 aromatic heterocycles. The van der Waals surface area contributed by atoms with Gasteiger partial charge in [-0.1, -0.05) is 18.2 Å². The zero-order valence-electron chi connectivity index (χ0n) is 14.1. The van der Waals surface area contributed by atoms with Gasteiger partial charge < -0.3 is 24.6 Å². The van der Waals surface area contributed by atoms with Crippen LogP contribution in [0, 0.1) is 0 Å². The van der Waals surface area contributed by atoms with E-state index in [2.05, 4.69) is 5.32 Å². The van der Waals surface area contributed by atoms with Crippen molar-refractivity contribution in [3.05, 3.63) is 48.0 Å². The first kappa shape index (κ1) is 18.1. The van der Waals surface area contributed by atoms with Gasteiger partial charge in [0, 0.05) is 12.1 Å². The zero-order chi connectivity index (χ0) is 18.4. The van der Waals surface area contributed by atoms with Crippen LogP contribution in [-0.2, 0) is 4.79 Å². The highest BCUT2D eigenvalue weighted by molar-refractivity contribution is 6.02. The third kappa shape index (κ3) is 4.41. The van der Waals surface area contributed by atoms with Gasteiger partial charge in [0.05, 0.1) is 25.5 Å². The van der Waals surface area contributed by atoms with Crippen LogP contribution in [0.4, 0.5) is 5.69 Å². The lowest BCUT2D eigenvalue weighted by atomic mass is 10.1. The first-order chi connectivity index (χ1) is 12.0. The molecule has 7 heteroatoms. The second-order valence-corrected chi connectivity index (χ2v) is 5.12. The number of ether oxygens (including phenoxy) is 3. The van der Waals surface area contributed by atoms with E-state index in [0.717, 1.165) is 0 Å². The molecule has 1 atom stereocenters. The van der Waals surface area contributed by atoms with Crippen molar-refractivity contribution in [1.82, 2.24) is 0 Å². The number of benzene rings is 2. The van der Waals surface area contributed by atoms with E-state index in [9.17, 15) is 14.7 Å². The van der Waals surface area contributed by atoms with E-state index < -0.39 is 18.0 Å². The minimum absolute atomic E-state index is 0.0960. The van der Waals surface area contributed by atoms with E-state index in [4.69, 9.17) is 14.2 Å². The molecule has 0 bridgehead atoms. The van der Waals surface area contributed by atoms with Crippen LogP contribution in [0.25, 0.3) is 0 Å². The lowest BCUT2D eigenvalue weighted by molar-refractivity contribution is -0.122. The molecule has 0 unspecified atom stereocenters. The number of carbonyl (C=O) groups is 2. The number of methoxy groups -OCH3 is 2. The summed E-state index contributed by atoms with van der Waals surface area (Å²) in [4.78, 5) is 23.8. The molecule has 2 aromatic rings. The number of hydrogen-bond donors (Lipinski definition) is 2. The van der Waals surface area contributed by atoms with Crippen LogP contribution >= 0.6 is 0 Å². The number of aromatic carboxylic acids is 1. The van der Waals surface area contributed by atoms with Gasteiger partial charge in [0.2, 0.25) is 0 Å². The van der Waals surface area contributed by atoms with E-state index in [1.54, 1.807) is 31.2 Å². The lowest BCUT2D eigenvalue weighted by Crippen LogP contribution is -2.30. The molecule has 0 aliphatic rings. The third-order valence-corrected chi connectivity index (χ3v) is 3.44. The maximum Gasteiger partial charge on any atom is 0.337 e. The van der Waals surface area contributed by atoms with Gasteiger partial charge in [0.1, 0.15) is 5.75 Å². The molecule has 1 amide bonds. The van der Waals surface area contributed by atoms with Crippen LogP contribution in [0.1, 0.15) is 17.3 Å². The molecule has 0 aliphatic heterocycles. The first-order valence-electron chi connectivity index (χ1n) is 7.48. The van der Waals surface area contributed by atoms with Crippen LogP contribution in [0.5, 0.6) is 17.2 Å². The Kier molecular flexibility index (Phi) is 5.84. The van der Waals surface area contributed by atoms with Crippen molar-refractivity contribution in [2.45, 2.75) is 13.0 Å². The fourth-order valence-corrected chi connectivity index (χ4v) is 2.15. The van der Waals surface area contributed by atoms with Gasteiger partial charge in [0.15, 0.2) is 17.6 Å². The Bertz CT molecular complexity index is 760. The monoisotopic (exact) mass is 345 g/mol. The van der Waals surface area contributed by atoms with Gasteiger partial charge in [-0.25, -0.2) is 4.79 Å². The van der Waals surface area contributed by atoms with Crippen molar-refractivity contribution in [3.63, 3.8) is 0 Å². The average Bonchev–Trinajstić information content (AvgIpc) is 2.61. The molecule has 0 aliphatic carbocycles. The summed E-state index contributed by atoms with van der Waals surface area (Å²) in [7, 11) is 2.82. The van der Waals surface area contributed by atoms with Crippen LogP contribution in [-0.4, -0.2) is 37.3 Å². The zero-order valence-corrected chi connectivity index (χ0v) is 14.1. The van der Waals surface area contributed by atoms with E-state index in [1.807, 2.05) is 6.07 Å². The highest BCUT2D eigenvalue weighted by Crippen LogP contribution is 2.33. The second kappa shape index (κ2) is 8.05. The predicted octanol–water partition coefficient (Wildman–Crippen LogP) is 2.81. The van der Waals surface area contributed by atoms with Gasteiger partial charge in [-0.2, -0.15) is 0 Å². The Labute approximate surface area is 145 Å². The number of carbonyl (C=O) groups excluding carboxylic acids is 1. The topological polar surface area (TPSA) is 94.1 Å². The highest BCUT2D eigenvalue weighted by Gasteiger charge is 2.21. The van der Waals surface area contributed by atoms with Crippen LogP contribution < -0.4 is 19.5 Å². The van der Waals surface area contributed by atoms with E-state index >= 15 is 0 Å². The summed E-state index contributed by atoms with van der Waals surface area (Å²) in [6.07, 6.45) is -0.822. The van der Waals surface area contributed by atoms with Gasteiger partial charge in [0.25, 0.3) is 5.91 Å². The molecule has 0 spiro atoms. The summed E-state index contributed by atoms with van der Waals surface area (Å²) < 4.78 is 15.8. The number of anilines is 1. The van der Waals surface area contributed by atoms with Crippen molar-refractivity contribution in [3.8, 4) is 17.2 Å². The number of rotatable bonds is 7. The molecule has 2 N–H and O–H groups in total. The molecule has 0 heterocycles. The maximum absolute atomic E-state index is 12.3. The van der Waals surface area contributed by atoms with Gasteiger partial charge in [-0.3, -0.25) is 4.79 Å². The largest absolute Gasteiger partial charge is 0.493 e. The van der Waals surface area contributed by atoms with Gasteiger partial charge >= 0.3 is 5.97 Å². The molecule has 2 aromatic carbocycles. The SMILES string of the molecule is COc1cc(NC(=O)[C@H](C)Oc2ccccc2)c(C(=O)O)cc1OC. The molecular formula is C18H19NO6. The number of amides is 1. The van der Waals surface area contributed by atoms with Crippen LogP contribution in [0.3, 0.4) is 0 Å². The Morgan fingerprint density at radius 2 is 1.64 bits per heavy atom. The fraction of sp³-hybridized carbons (Fsp3) is 0.222. The van der Waals surface area contributed by atoms with Gasteiger partial charge in [-0.05, 0) is 19.1 Å². The Morgan fingerprint density at radius 1 is 1.04 bits per heavy atom. The molecule has 132 valence electrons. The number of nitrogens with one attached hydrogen (secondary N) is 1. The minimum atomic E-state index is -1.20. The average molecular weight is 345 g/mol.